The number of nitrogens with zero attached hydrogens (tertiary/aromatic N) is 2. The first-order valence-corrected chi connectivity index (χ1v) is 9.22. The van der Waals surface area contributed by atoms with Gasteiger partial charge in [0.25, 0.3) is 5.91 Å². The molecule has 4 N–H and O–H groups in total. The summed E-state index contributed by atoms with van der Waals surface area (Å²) in [6.07, 6.45) is 4.68. The molecule has 10 heteroatoms. The van der Waals surface area contributed by atoms with E-state index in [2.05, 4.69) is 15.6 Å². The maximum atomic E-state index is 12.4. The van der Waals surface area contributed by atoms with Crippen molar-refractivity contribution in [3.8, 4) is 0 Å². The largest absolute Gasteiger partial charge is 0.465 e. The summed E-state index contributed by atoms with van der Waals surface area (Å²) in [6, 6.07) is 3.16. The summed E-state index contributed by atoms with van der Waals surface area (Å²) in [6.45, 7) is 1.03. The van der Waals surface area contributed by atoms with Crippen LogP contribution in [0.2, 0.25) is 0 Å². The first-order chi connectivity index (χ1) is 13.5. The molecule has 0 saturated heterocycles. The minimum absolute atomic E-state index is 0.0174. The van der Waals surface area contributed by atoms with E-state index in [0.717, 1.165) is 25.7 Å². The van der Waals surface area contributed by atoms with Crippen LogP contribution >= 0.6 is 0 Å². The monoisotopic (exact) mass is 396 g/mol. The fourth-order valence-corrected chi connectivity index (χ4v) is 2.40. The van der Waals surface area contributed by atoms with Crippen LogP contribution in [-0.2, 0) is 4.74 Å². The molecule has 0 aliphatic carbocycles. The van der Waals surface area contributed by atoms with Gasteiger partial charge in [-0.1, -0.05) is 12.8 Å². The number of rotatable bonds is 13. The first kappa shape index (κ1) is 23.2. The van der Waals surface area contributed by atoms with E-state index < -0.39 is 12.2 Å². The zero-order valence-electron chi connectivity index (χ0n) is 15.8. The normalized spacial score (nSPS) is 10.2. The van der Waals surface area contributed by atoms with Crippen molar-refractivity contribution in [1.29, 1.82) is 0 Å². The van der Waals surface area contributed by atoms with Gasteiger partial charge in [0.15, 0.2) is 0 Å². The molecular formula is C18H28N4O6. The van der Waals surface area contributed by atoms with Crippen LogP contribution in [0.25, 0.3) is 0 Å². The van der Waals surface area contributed by atoms with Gasteiger partial charge in [-0.05, 0) is 25.0 Å². The number of carboxylic acid groups (broad SMARTS) is 1. The lowest BCUT2D eigenvalue weighted by atomic mass is 10.2. The lowest BCUT2D eigenvalue weighted by molar-refractivity contribution is 0.0659. The number of aromatic nitrogens is 1. The van der Waals surface area contributed by atoms with Crippen molar-refractivity contribution in [2.45, 2.75) is 25.7 Å². The van der Waals surface area contributed by atoms with Crippen molar-refractivity contribution < 1.29 is 29.3 Å². The van der Waals surface area contributed by atoms with E-state index in [-0.39, 0.29) is 32.2 Å². The summed E-state index contributed by atoms with van der Waals surface area (Å²) in [5.41, 5.74) is 0.450. The molecule has 0 fully saturated rings. The Bertz CT molecular complexity index is 599. The Balaban J connectivity index is 2.16. The molecule has 1 aromatic rings. The topological polar surface area (TPSA) is 141 Å². The van der Waals surface area contributed by atoms with Crippen molar-refractivity contribution in [3.63, 3.8) is 0 Å². The Morgan fingerprint density at radius 1 is 1.00 bits per heavy atom. The van der Waals surface area contributed by atoms with Gasteiger partial charge in [0.1, 0.15) is 6.61 Å². The van der Waals surface area contributed by atoms with Crippen LogP contribution in [0.4, 0.5) is 9.59 Å². The number of carbonyl (C=O) groups excluding carboxylic acids is 2. The fourth-order valence-electron chi connectivity index (χ4n) is 2.40. The van der Waals surface area contributed by atoms with E-state index >= 15 is 0 Å². The van der Waals surface area contributed by atoms with E-state index in [1.165, 1.54) is 17.3 Å². The molecule has 0 bridgehead atoms. The molecule has 0 aromatic carbocycles. The Morgan fingerprint density at radius 2 is 1.64 bits per heavy atom. The van der Waals surface area contributed by atoms with Gasteiger partial charge in [0, 0.05) is 37.6 Å². The smallest absolute Gasteiger partial charge is 0.407 e. The van der Waals surface area contributed by atoms with Gasteiger partial charge in [0.05, 0.1) is 13.2 Å². The number of alkyl carbamates (subject to hydrolysis) is 1. The van der Waals surface area contributed by atoms with Gasteiger partial charge >= 0.3 is 12.2 Å². The molecule has 0 aliphatic rings. The van der Waals surface area contributed by atoms with Gasteiger partial charge in [0.2, 0.25) is 0 Å². The number of aliphatic hydroxyl groups is 1. The number of unbranched alkanes of at least 4 members (excludes halogenated alkanes) is 3. The molecule has 0 atom stereocenters. The summed E-state index contributed by atoms with van der Waals surface area (Å²) < 4.78 is 5.06. The SMILES string of the molecule is O=C(O)NCCCCCCNC(=O)OCCN(CCO)C(=O)c1ccncc1. The second kappa shape index (κ2) is 14.2. The quantitative estimate of drug-likeness (QED) is 0.365. The number of pyridine rings is 1. The minimum atomic E-state index is -1.02. The third-order valence-corrected chi connectivity index (χ3v) is 3.83. The van der Waals surface area contributed by atoms with Crippen LogP contribution < -0.4 is 10.6 Å². The molecule has 1 rings (SSSR count). The molecule has 1 heterocycles. The second-order valence-corrected chi connectivity index (χ2v) is 5.96. The number of ether oxygens (including phenoxy) is 1. The van der Waals surface area contributed by atoms with Crippen molar-refractivity contribution in [2.75, 3.05) is 39.4 Å². The van der Waals surface area contributed by atoms with Crippen molar-refractivity contribution in [1.82, 2.24) is 20.5 Å². The lowest BCUT2D eigenvalue weighted by Crippen LogP contribution is -2.37. The first-order valence-electron chi connectivity index (χ1n) is 9.22. The van der Waals surface area contributed by atoms with Crippen LogP contribution in [0, 0.1) is 0 Å². The van der Waals surface area contributed by atoms with Crippen molar-refractivity contribution in [3.05, 3.63) is 30.1 Å². The molecule has 0 unspecified atom stereocenters. The molecular weight excluding hydrogens is 368 g/mol. The molecule has 0 spiro atoms. The Hall–Kier alpha value is -2.88. The molecule has 0 aliphatic heterocycles. The Morgan fingerprint density at radius 3 is 2.25 bits per heavy atom. The Kier molecular flexibility index (Phi) is 11.8. The molecule has 0 saturated carbocycles. The minimum Gasteiger partial charge on any atom is -0.465 e. The van der Waals surface area contributed by atoms with Crippen LogP contribution in [0.15, 0.2) is 24.5 Å². The van der Waals surface area contributed by atoms with Gasteiger partial charge < -0.3 is 30.5 Å². The highest BCUT2D eigenvalue weighted by molar-refractivity contribution is 5.94. The van der Waals surface area contributed by atoms with Gasteiger partial charge in [-0.15, -0.1) is 0 Å². The number of amides is 3. The number of carbonyl (C=O) groups is 3. The highest BCUT2D eigenvalue weighted by Gasteiger charge is 2.15. The summed E-state index contributed by atoms with van der Waals surface area (Å²) in [5, 5.41) is 22.5. The maximum Gasteiger partial charge on any atom is 0.407 e. The third-order valence-electron chi connectivity index (χ3n) is 3.83. The maximum absolute atomic E-state index is 12.4. The van der Waals surface area contributed by atoms with E-state index in [1.54, 1.807) is 12.1 Å². The molecule has 1 aromatic heterocycles. The van der Waals surface area contributed by atoms with E-state index in [1.807, 2.05) is 0 Å². The molecule has 0 radical (unpaired) electrons. The zero-order chi connectivity index (χ0) is 20.6. The highest BCUT2D eigenvalue weighted by atomic mass is 16.5. The Labute approximate surface area is 163 Å². The predicted octanol–water partition coefficient (Wildman–Crippen LogP) is 1.07. The summed E-state index contributed by atoms with van der Waals surface area (Å²) >= 11 is 0. The van der Waals surface area contributed by atoms with Crippen LogP contribution in [0.5, 0.6) is 0 Å². The predicted molar refractivity (Wildman–Crippen MR) is 101 cm³/mol. The number of hydrogen-bond donors (Lipinski definition) is 4. The average Bonchev–Trinajstić information content (AvgIpc) is 2.69. The van der Waals surface area contributed by atoms with E-state index in [4.69, 9.17) is 14.9 Å². The standard InChI is InChI=1S/C18H28N4O6/c23-13-11-22(16(24)15-5-9-19-10-6-15)12-14-28-18(27)21-8-4-2-1-3-7-20-17(25)26/h5-6,9-10,20,23H,1-4,7-8,11-14H2,(H,21,27)(H,25,26). The highest BCUT2D eigenvalue weighted by Crippen LogP contribution is 2.03. The average molecular weight is 396 g/mol. The molecule has 28 heavy (non-hydrogen) atoms. The number of aliphatic hydroxyl groups excluding tert-OH is 1. The van der Waals surface area contributed by atoms with Crippen LogP contribution in [-0.4, -0.2) is 77.6 Å². The molecule has 156 valence electrons. The van der Waals surface area contributed by atoms with Crippen molar-refractivity contribution in [2.24, 2.45) is 0 Å². The van der Waals surface area contributed by atoms with Crippen LogP contribution in [0.3, 0.4) is 0 Å². The lowest BCUT2D eigenvalue weighted by Gasteiger charge is -2.21. The number of nitrogens with one attached hydrogen (secondary N) is 2. The van der Waals surface area contributed by atoms with E-state index in [0.29, 0.717) is 18.7 Å². The molecule has 10 nitrogen and oxygen atoms in total. The van der Waals surface area contributed by atoms with Gasteiger partial charge in [-0.2, -0.15) is 0 Å². The van der Waals surface area contributed by atoms with Crippen LogP contribution in [0.1, 0.15) is 36.0 Å². The van der Waals surface area contributed by atoms with E-state index in [9.17, 15) is 14.4 Å². The summed E-state index contributed by atoms with van der Waals surface area (Å²) in [4.78, 5) is 39.6. The number of hydrogen-bond acceptors (Lipinski definition) is 6. The zero-order valence-corrected chi connectivity index (χ0v) is 15.8. The molecule has 3 amide bonds. The van der Waals surface area contributed by atoms with Gasteiger partial charge in [-0.3, -0.25) is 9.78 Å². The fraction of sp³-hybridized carbons (Fsp3) is 0.556. The summed E-state index contributed by atoms with van der Waals surface area (Å²) in [7, 11) is 0. The summed E-state index contributed by atoms with van der Waals surface area (Å²) in [5.74, 6) is -0.266. The van der Waals surface area contributed by atoms with Gasteiger partial charge in [-0.25, -0.2) is 9.59 Å². The van der Waals surface area contributed by atoms with Crippen molar-refractivity contribution >= 4 is 18.1 Å². The third kappa shape index (κ3) is 10.3. The second-order valence-electron chi connectivity index (χ2n) is 5.96.